The van der Waals surface area contributed by atoms with Crippen molar-refractivity contribution >= 4 is 64.9 Å². The molecular formula is C38H54FN5O8S2. The molecule has 0 unspecified atom stereocenters. The van der Waals surface area contributed by atoms with Crippen molar-refractivity contribution < 1.29 is 41.0 Å². The molecule has 0 amide bonds. The zero-order valence-corrected chi connectivity index (χ0v) is 34.0. The van der Waals surface area contributed by atoms with Gasteiger partial charge in [-0.3, -0.25) is 14.0 Å². The van der Waals surface area contributed by atoms with E-state index in [1.54, 1.807) is 43.4 Å². The monoisotopic (exact) mass is 791 g/mol. The molecule has 0 fully saturated rings. The molecule has 0 aliphatic carbocycles. The Hall–Kier alpha value is -4.35. The summed E-state index contributed by atoms with van der Waals surface area (Å²) in [5.41, 5.74) is 1.66. The number of carboxylic acids is 2. The average molecular weight is 792 g/mol. The fourth-order valence-electron chi connectivity index (χ4n) is 6.05. The third kappa shape index (κ3) is 11.3. The molecule has 0 radical (unpaired) electrons. The largest absolute Gasteiger partial charge is 0.480 e. The molecular weight excluding hydrogens is 738 g/mol. The molecule has 0 aliphatic heterocycles. The van der Waals surface area contributed by atoms with E-state index >= 15 is 0 Å². The van der Waals surface area contributed by atoms with E-state index in [9.17, 15) is 41.0 Å². The predicted octanol–water partition coefficient (Wildman–Crippen LogP) is 5.30. The number of hydrogen-bond donors (Lipinski definition) is 2. The second-order valence-electron chi connectivity index (χ2n) is 12.5. The maximum atomic E-state index is 13.8. The van der Waals surface area contributed by atoms with Gasteiger partial charge in [-0.15, -0.1) is 0 Å². The summed E-state index contributed by atoms with van der Waals surface area (Å²) < 4.78 is 66.8. The van der Waals surface area contributed by atoms with Crippen molar-refractivity contribution in [1.29, 1.82) is 0 Å². The minimum Gasteiger partial charge on any atom is -0.480 e. The highest BCUT2D eigenvalue weighted by molar-refractivity contribution is 7.89. The molecule has 0 heterocycles. The Kier molecular flexibility index (Phi) is 17.8. The summed E-state index contributed by atoms with van der Waals surface area (Å²) in [5, 5.41) is 21.6. The summed E-state index contributed by atoms with van der Waals surface area (Å²) in [6.45, 7) is 3.24. The summed E-state index contributed by atoms with van der Waals surface area (Å²) in [5.74, 6) is -2.56. The van der Waals surface area contributed by atoms with Gasteiger partial charge >= 0.3 is 11.9 Å². The van der Waals surface area contributed by atoms with Gasteiger partial charge in [0.2, 0.25) is 20.0 Å². The molecule has 4 aromatic rings. The van der Waals surface area contributed by atoms with Gasteiger partial charge < -0.3 is 24.9 Å². The molecule has 4 rings (SSSR count). The number of carbonyl (C=O) groups is 2. The van der Waals surface area contributed by atoms with Gasteiger partial charge in [-0.2, -0.15) is 8.61 Å². The standard InChI is InChI=1S/C35H45N5O8S2.C2H6.CH3F/c1-36(2)30-16-6-14-28-26(30)12-8-18-32(28)49(45,46)39(24-34(41)42)22-10-20-38(5)21-11-23-40(25-35(43)44)50(47,48)33-19-9-13-27-29(33)15-7-17-31(27)37(3)4;2*1-2/h6-9,12-19H,10-11,20-25H2,1-5H3,(H,41,42)(H,43,44);1-2H3;1H3. The summed E-state index contributed by atoms with van der Waals surface area (Å²) in [6, 6.07) is 20.6. The summed E-state index contributed by atoms with van der Waals surface area (Å²) in [6.07, 6.45) is 0.607. The van der Waals surface area contributed by atoms with Crippen LogP contribution in [0.25, 0.3) is 21.5 Å². The highest BCUT2D eigenvalue weighted by Crippen LogP contribution is 2.33. The number of carboxylic acid groups (broad SMARTS) is 2. The molecule has 4 aromatic carbocycles. The van der Waals surface area contributed by atoms with E-state index < -0.39 is 45.1 Å². The molecule has 16 heteroatoms. The minimum atomic E-state index is -4.19. The molecule has 0 spiro atoms. The molecule has 298 valence electrons. The summed E-state index contributed by atoms with van der Waals surface area (Å²) >= 11 is 0. The van der Waals surface area contributed by atoms with E-state index in [-0.39, 0.29) is 22.9 Å². The van der Waals surface area contributed by atoms with Crippen molar-refractivity contribution in [3.63, 3.8) is 0 Å². The zero-order valence-electron chi connectivity index (χ0n) is 32.4. The number of alkyl halides is 1. The van der Waals surface area contributed by atoms with Crippen LogP contribution in [0.15, 0.2) is 82.6 Å². The SMILES string of the molecule is CC.CF.CN(CCCN(CC(=O)O)S(=O)(=O)c1cccc2c(N(C)C)cccc12)CCCN(CC(=O)O)S(=O)(=O)c1cccc2c(N(C)C)cccc12. The van der Waals surface area contributed by atoms with Crippen LogP contribution in [0.2, 0.25) is 0 Å². The molecule has 0 aromatic heterocycles. The normalized spacial score (nSPS) is 11.6. The quantitative estimate of drug-likeness (QED) is 0.135. The lowest BCUT2D eigenvalue weighted by atomic mass is 10.1. The highest BCUT2D eigenvalue weighted by atomic mass is 32.2. The van der Waals surface area contributed by atoms with Crippen LogP contribution in [-0.2, 0) is 29.6 Å². The maximum Gasteiger partial charge on any atom is 0.318 e. The van der Waals surface area contributed by atoms with Gasteiger partial charge in [0.1, 0.15) is 13.1 Å². The Morgan fingerprint density at radius 1 is 0.537 bits per heavy atom. The fraction of sp³-hybridized carbons (Fsp3) is 0.421. The molecule has 13 nitrogen and oxygen atoms in total. The van der Waals surface area contributed by atoms with Gasteiger partial charge in [0, 0.05) is 74.2 Å². The van der Waals surface area contributed by atoms with Crippen molar-refractivity contribution in [3.8, 4) is 0 Å². The fourth-order valence-corrected chi connectivity index (χ4v) is 9.32. The van der Waals surface area contributed by atoms with Crippen LogP contribution in [0.4, 0.5) is 15.8 Å². The Morgan fingerprint density at radius 3 is 1.17 bits per heavy atom. The Balaban J connectivity index is 0.00000244. The van der Waals surface area contributed by atoms with Crippen LogP contribution >= 0.6 is 0 Å². The third-order valence-electron chi connectivity index (χ3n) is 8.44. The van der Waals surface area contributed by atoms with Crippen LogP contribution in [0, 0.1) is 0 Å². The van der Waals surface area contributed by atoms with Gasteiger partial charge in [-0.1, -0.05) is 62.4 Å². The molecule has 0 saturated carbocycles. The summed E-state index contributed by atoms with van der Waals surface area (Å²) in [7, 11) is 1.35. The second kappa shape index (κ2) is 20.9. The number of rotatable bonds is 18. The Bertz CT molecular complexity index is 1930. The zero-order chi connectivity index (χ0) is 40.8. The second-order valence-corrected chi connectivity index (χ2v) is 16.3. The predicted molar refractivity (Wildman–Crippen MR) is 214 cm³/mol. The van der Waals surface area contributed by atoms with Crippen LogP contribution in [0.3, 0.4) is 0 Å². The molecule has 0 atom stereocenters. The topological polar surface area (TPSA) is 159 Å². The van der Waals surface area contributed by atoms with Gasteiger partial charge in [0.25, 0.3) is 0 Å². The summed E-state index contributed by atoms with van der Waals surface area (Å²) in [4.78, 5) is 29.2. The smallest absolute Gasteiger partial charge is 0.318 e. The molecule has 0 saturated heterocycles. The van der Waals surface area contributed by atoms with Gasteiger partial charge in [0.15, 0.2) is 0 Å². The maximum absolute atomic E-state index is 13.8. The third-order valence-corrected chi connectivity index (χ3v) is 12.2. The van der Waals surface area contributed by atoms with E-state index in [4.69, 9.17) is 0 Å². The molecule has 0 bridgehead atoms. The van der Waals surface area contributed by atoms with Gasteiger partial charge in [0.05, 0.1) is 17.0 Å². The lowest BCUT2D eigenvalue weighted by molar-refractivity contribution is -0.138. The van der Waals surface area contributed by atoms with E-state index in [0.717, 1.165) is 30.8 Å². The van der Waals surface area contributed by atoms with Crippen LogP contribution in [0.1, 0.15) is 26.7 Å². The lowest BCUT2D eigenvalue weighted by Crippen LogP contribution is -2.39. The first-order valence-corrected chi connectivity index (χ1v) is 20.3. The van der Waals surface area contributed by atoms with Crippen molar-refractivity contribution in [3.05, 3.63) is 72.8 Å². The highest BCUT2D eigenvalue weighted by Gasteiger charge is 2.30. The number of nitrogens with zero attached hydrogens (tertiary/aromatic N) is 5. The van der Waals surface area contributed by atoms with Crippen molar-refractivity contribution in [2.45, 2.75) is 36.5 Å². The molecule has 54 heavy (non-hydrogen) atoms. The lowest BCUT2D eigenvalue weighted by Gasteiger charge is -2.25. The van der Waals surface area contributed by atoms with E-state index in [0.29, 0.717) is 43.9 Å². The number of halogens is 1. The minimum absolute atomic E-state index is 0.0252. The van der Waals surface area contributed by atoms with Gasteiger partial charge in [-0.25, -0.2) is 16.8 Å². The van der Waals surface area contributed by atoms with Crippen LogP contribution in [-0.4, -0.2) is 134 Å². The van der Waals surface area contributed by atoms with Crippen molar-refractivity contribution in [1.82, 2.24) is 13.5 Å². The first kappa shape index (κ1) is 45.8. The number of aliphatic carboxylic acids is 2. The average Bonchev–Trinajstić information content (AvgIpc) is 3.14. The Labute approximate surface area is 319 Å². The number of sulfonamides is 2. The van der Waals surface area contributed by atoms with E-state index in [2.05, 4.69) is 0 Å². The van der Waals surface area contributed by atoms with E-state index in [1.807, 2.05) is 81.0 Å². The number of hydrogen-bond acceptors (Lipinski definition) is 9. The van der Waals surface area contributed by atoms with Crippen molar-refractivity contribution in [2.24, 2.45) is 0 Å². The number of fused-ring (bicyclic) bond motifs is 2. The van der Waals surface area contributed by atoms with Gasteiger partial charge in [-0.05, 0) is 57.2 Å². The Morgan fingerprint density at radius 2 is 0.852 bits per heavy atom. The van der Waals surface area contributed by atoms with E-state index in [1.165, 1.54) is 12.1 Å². The number of anilines is 2. The first-order valence-electron chi connectivity index (χ1n) is 17.4. The van der Waals surface area contributed by atoms with Crippen molar-refractivity contribution in [2.75, 3.05) is 91.5 Å². The first-order chi connectivity index (χ1) is 25.5. The number of benzene rings is 4. The molecule has 0 aliphatic rings. The van der Waals surface area contributed by atoms with Crippen LogP contribution < -0.4 is 9.80 Å². The molecule has 2 N–H and O–H groups in total. The van der Waals surface area contributed by atoms with Crippen LogP contribution in [0.5, 0.6) is 0 Å².